The summed E-state index contributed by atoms with van der Waals surface area (Å²) in [5.41, 5.74) is 0.499. The molecule has 0 saturated carbocycles. The van der Waals surface area contributed by atoms with Crippen molar-refractivity contribution in [1.82, 2.24) is 4.90 Å². The number of benzene rings is 2. The monoisotopic (exact) mass is 399 g/mol. The summed E-state index contributed by atoms with van der Waals surface area (Å²) < 4.78 is 11.8. The van der Waals surface area contributed by atoms with E-state index in [0.29, 0.717) is 35.8 Å². The third kappa shape index (κ3) is 3.04. The zero-order valence-electron chi connectivity index (χ0n) is 16.1. The first kappa shape index (κ1) is 18.8. The van der Waals surface area contributed by atoms with E-state index in [4.69, 9.17) is 21.1 Å². The lowest BCUT2D eigenvalue weighted by molar-refractivity contribution is -0.145. The Balaban J connectivity index is 1.54. The number of amides is 1. The van der Waals surface area contributed by atoms with E-state index < -0.39 is 11.2 Å². The van der Waals surface area contributed by atoms with Crippen LogP contribution in [0.2, 0.25) is 5.02 Å². The van der Waals surface area contributed by atoms with Crippen LogP contribution in [0.4, 0.5) is 0 Å². The maximum Gasteiger partial charge on any atom is 0.339 e. The Morgan fingerprint density at radius 1 is 1.25 bits per heavy atom. The molecule has 0 bridgehead atoms. The second kappa shape index (κ2) is 6.52. The highest BCUT2D eigenvalue weighted by atomic mass is 35.5. The highest BCUT2D eigenvalue weighted by Gasteiger charge is 2.52. The van der Waals surface area contributed by atoms with Gasteiger partial charge in [-0.3, -0.25) is 4.79 Å². The Bertz CT molecular complexity index is 971. The van der Waals surface area contributed by atoms with Gasteiger partial charge < -0.3 is 14.4 Å². The molecule has 1 saturated heterocycles. The smallest absolute Gasteiger partial charge is 0.339 e. The number of ether oxygens (including phenoxy) is 2. The largest absolute Gasteiger partial charge is 0.478 e. The van der Waals surface area contributed by atoms with Crippen LogP contribution in [-0.4, -0.2) is 35.5 Å². The number of hydrogen-bond acceptors (Lipinski definition) is 4. The average molecular weight is 400 g/mol. The van der Waals surface area contributed by atoms with Crippen LogP contribution < -0.4 is 4.74 Å². The number of carbonyl (C=O) groups is 2. The summed E-state index contributed by atoms with van der Waals surface area (Å²) in [5, 5.41) is 0.622. The van der Waals surface area contributed by atoms with Gasteiger partial charge in [-0.05, 0) is 50.6 Å². The molecular formula is C22H22ClNO4. The predicted octanol–water partition coefficient (Wildman–Crippen LogP) is 4.10. The van der Waals surface area contributed by atoms with Crippen LogP contribution in [0.25, 0.3) is 0 Å². The van der Waals surface area contributed by atoms with Crippen molar-refractivity contribution >= 4 is 23.5 Å². The molecule has 2 aliphatic heterocycles. The lowest BCUT2D eigenvalue weighted by atomic mass is 9.91. The molecule has 5 nitrogen and oxygen atoms in total. The maximum atomic E-state index is 13.2. The quantitative estimate of drug-likeness (QED) is 0.729. The Hall–Kier alpha value is -2.53. The van der Waals surface area contributed by atoms with E-state index in [9.17, 15) is 9.59 Å². The van der Waals surface area contributed by atoms with E-state index in [1.54, 1.807) is 43.0 Å². The SMILES string of the molecule is Cc1cc(Cl)ccc1OC(C)(C)C(=O)N1CC[C@@]2(C1)OC(=O)c1ccccc12. The number of likely N-dealkylation sites (tertiary alicyclic amines) is 1. The van der Waals surface area contributed by atoms with Gasteiger partial charge in [0.25, 0.3) is 5.91 Å². The fourth-order valence-electron chi connectivity index (χ4n) is 4.03. The summed E-state index contributed by atoms with van der Waals surface area (Å²) in [4.78, 5) is 27.2. The van der Waals surface area contributed by atoms with Crippen LogP contribution in [-0.2, 0) is 15.1 Å². The number of rotatable bonds is 3. The molecule has 146 valence electrons. The minimum atomic E-state index is -1.06. The highest BCUT2D eigenvalue weighted by molar-refractivity contribution is 6.30. The number of nitrogens with zero attached hydrogens (tertiary/aromatic N) is 1. The van der Waals surface area contributed by atoms with Crippen molar-refractivity contribution in [2.45, 2.75) is 38.4 Å². The van der Waals surface area contributed by atoms with E-state index in [1.165, 1.54) is 0 Å². The van der Waals surface area contributed by atoms with Crippen molar-refractivity contribution in [2.24, 2.45) is 0 Å². The molecule has 0 aromatic heterocycles. The third-order valence-electron chi connectivity index (χ3n) is 5.46. The van der Waals surface area contributed by atoms with Crippen molar-refractivity contribution in [3.63, 3.8) is 0 Å². The number of carbonyl (C=O) groups excluding carboxylic acids is 2. The molecular weight excluding hydrogens is 378 g/mol. The van der Waals surface area contributed by atoms with E-state index in [-0.39, 0.29) is 11.9 Å². The molecule has 0 N–H and O–H groups in total. The van der Waals surface area contributed by atoms with Crippen LogP contribution in [0.5, 0.6) is 5.75 Å². The zero-order chi connectivity index (χ0) is 20.1. The van der Waals surface area contributed by atoms with Gasteiger partial charge in [-0.1, -0.05) is 29.8 Å². The molecule has 6 heteroatoms. The number of aryl methyl sites for hydroxylation is 1. The van der Waals surface area contributed by atoms with Crippen LogP contribution in [0.1, 0.15) is 41.8 Å². The summed E-state index contributed by atoms with van der Waals surface area (Å²) >= 11 is 6.00. The lowest BCUT2D eigenvalue weighted by Crippen LogP contribution is -2.49. The minimum absolute atomic E-state index is 0.140. The molecule has 2 aromatic carbocycles. The maximum absolute atomic E-state index is 13.2. The van der Waals surface area contributed by atoms with Crippen molar-refractivity contribution in [1.29, 1.82) is 0 Å². The second-order valence-corrected chi connectivity index (χ2v) is 8.36. The third-order valence-corrected chi connectivity index (χ3v) is 5.70. The van der Waals surface area contributed by atoms with Gasteiger partial charge in [-0.15, -0.1) is 0 Å². The van der Waals surface area contributed by atoms with Crippen LogP contribution in [0.15, 0.2) is 42.5 Å². The van der Waals surface area contributed by atoms with Gasteiger partial charge in [-0.2, -0.15) is 0 Å². The molecule has 1 amide bonds. The molecule has 1 atom stereocenters. The van der Waals surface area contributed by atoms with Crippen molar-refractivity contribution in [3.8, 4) is 5.75 Å². The van der Waals surface area contributed by atoms with E-state index in [2.05, 4.69) is 0 Å². The normalized spacial score (nSPS) is 21.0. The first-order chi connectivity index (χ1) is 13.2. The van der Waals surface area contributed by atoms with Gasteiger partial charge in [-0.25, -0.2) is 4.79 Å². The summed E-state index contributed by atoms with van der Waals surface area (Å²) in [6.45, 7) is 6.24. The first-order valence-electron chi connectivity index (χ1n) is 9.29. The molecule has 1 spiro atoms. The lowest BCUT2D eigenvalue weighted by Gasteiger charge is -2.31. The van der Waals surface area contributed by atoms with Gasteiger partial charge >= 0.3 is 5.97 Å². The van der Waals surface area contributed by atoms with Crippen LogP contribution in [0.3, 0.4) is 0 Å². The summed E-state index contributed by atoms with van der Waals surface area (Å²) in [6.07, 6.45) is 0.581. The fourth-order valence-corrected chi connectivity index (χ4v) is 4.26. The second-order valence-electron chi connectivity index (χ2n) is 7.93. The van der Waals surface area contributed by atoms with Gasteiger partial charge in [0.15, 0.2) is 11.2 Å². The molecule has 2 aliphatic rings. The molecule has 0 unspecified atom stereocenters. The predicted molar refractivity (Wildman–Crippen MR) is 106 cm³/mol. The molecule has 1 fully saturated rings. The van der Waals surface area contributed by atoms with Crippen molar-refractivity contribution in [3.05, 3.63) is 64.2 Å². The summed E-state index contributed by atoms with van der Waals surface area (Å²) in [6, 6.07) is 12.7. The van der Waals surface area contributed by atoms with Crippen molar-refractivity contribution < 1.29 is 19.1 Å². The molecule has 2 heterocycles. The van der Waals surface area contributed by atoms with Crippen LogP contribution >= 0.6 is 11.6 Å². The highest BCUT2D eigenvalue weighted by Crippen LogP contribution is 2.43. The summed E-state index contributed by atoms with van der Waals surface area (Å²) in [7, 11) is 0. The Kier molecular flexibility index (Phi) is 4.38. The van der Waals surface area contributed by atoms with Gasteiger partial charge in [0.1, 0.15) is 5.75 Å². The number of fused-ring (bicyclic) bond motifs is 2. The van der Waals surface area contributed by atoms with Gasteiger partial charge in [0.05, 0.1) is 12.1 Å². The van der Waals surface area contributed by atoms with E-state index in [1.807, 2.05) is 25.1 Å². The molecule has 4 rings (SSSR count). The Morgan fingerprint density at radius 3 is 2.75 bits per heavy atom. The van der Waals surface area contributed by atoms with Gasteiger partial charge in [0.2, 0.25) is 0 Å². The molecule has 0 aliphatic carbocycles. The van der Waals surface area contributed by atoms with E-state index >= 15 is 0 Å². The molecule has 28 heavy (non-hydrogen) atoms. The number of halogens is 1. The van der Waals surface area contributed by atoms with Gasteiger partial charge in [0, 0.05) is 23.6 Å². The fraction of sp³-hybridized carbons (Fsp3) is 0.364. The van der Waals surface area contributed by atoms with E-state index in [0.717, 1.165) is 11.1 Å². The first-order valence-corrected chi connectivity index (χ1v) is 9.67. The molecule has 2 aromatic rings. The Morgan fingerprint density at radius 2 is 2.00 bits per heavy atom. The van der Waals surface area contributed by atoms with Crippen molar-refractivity contribution in [2.75, 3.05) is 13.1 Å². The molecule has 0 radical (unpaired) electrons. The summed E-state index contributed by atoms with van der Waals surface area (Å²) in [5.74, 6) is 0.158. The minimum Gasteiger partial charge on any atom is -0.478 e. The topological polar surface area (TPSA) is 55.8 Å². The number of esters is 1. The zero-order valence-corrected chi connectivity index (χ0v) is 16.9. The standard InChI is InChI=1S/C22H22ClNO4/c1-14-12-15(23)8-9-18(14)27-21(2,3)20(26)24-11-10-22(13-24)17-7-5-4-6-16(17)19(25)28-22/h4-9,12H,10-11,13H2,1-3H3/t22-/m0/s1. The Labute approximate surface area is 169 Å². The number of hydrogen-bond donors (Lipinski definition) is 0. The average Bonchev–Trinajstić information content (AvgIpc) is 3.19. The van der Waals surface area contributed by atoms with Crippen LogP contribution in [0, 0.1) is 6.92 Å².